The number of anilines is 1. The Hall–Kier alpha value is -2.25. The van der Waals surface area contributed by atoms with Gasteiger partial charge in [-0.15, -0.1) is 0 Å². The highest BCUT2D eigenvalue weighted by molar-refractivity contribution is 6.34. The molecule has 24 heavy (non-hydrogen) atoms. The first kappa shape index (κ1) is 18.1. The summed E-state index contributed by atoms with van der Waals surface area (Å²) in [4.78, 5) is 23.8. The molecule has 2 rings (SSSR count). The second kappa shape index (κ2) is 8.03. The normalized spacial score (nSPS) is 11.7. The molecule has 0 aliphatic carbocycles. The molecule has 2 aromatic rings. The Morgan fingerprint density at radius 1 is 1.33 bits per heavy atom. The third-order valence-electron chi connectivity index (χ3n) is 2.90. The molecule has 7 nitrogen and oxygen atoms in total. The van der Waals surface area contributed by atoms with Gasteiger partial charge in [-0.2, -0.15) is 0 Å². The standard InChI is InChI=1S/C15H15Cl2N3O4/c1-8-5-13(20-24-8)19-15(22)9(2)18-14(21)7-23-12-6-10(16)3-4-11(12)17/h3-6,9H,7H2,1-2H3,(H,18,21)(H,19,20,22)/t9-/m1/s1. The van der Waals surface area contributed by atoms with Gasteiger partial charge in [-0.1, -0.05) is 28.4 Å². The van der Waals surface area contributed by atoms with Gasteiger partial charge in [-0.05, 0) is 26.0 Å². The van der Waals surface area contributed by atoms with E-state index in [-0.39, 0.29) is 18.2 Å². The lowest BCUT2D eigenvalue weighted by Crippen LogP contribution is -2.43. The Morgan fingerprint density at radius 3 is 2.75 bits per heavy atom. The van der Waals surface area contributed by atoms with Crippen LogP contribution in [0.25, 0.3) is 0 Å². The van der Waals surface area contributed by atoms with Crippen LogP contribution in [0.5, 0.6) is 5.75 Å². The highest BCUT2D eigenvalue weighted by atomic mass is 35.5. The molecule has 2 N–H and O–H groups in total. The van der Waals surface area contributed by atoms with E-state index < -0.39 is 17.9 Å². The Morgan fingerprint density at radius 2 is 2.08 bits per heavy atom. The fourth-order valence-electron chi connectivity index (χ4n) is 1.74. The number of nitrogens with one attached hydrogen (secondary N) is 2. The van der Waals surface area contributed by atoms with Crippen LogP contribution < -0.4 is 15.4 Å². The summed E-state index contributed by atoms with van der Waals surface area (Å²) in [6.07, 6.45) is 0. The molecule has 1 aromatic heterocycles. The Labute approximate surface area is 148 Å². The third kappa shape index (κ3) is 5.14. The summed E-state index contributed by atoms with van der Waals surface area (Å²) in [5.41, 5.74) is 0. The second-order valence-electron chi connectivity index (χ2n) is 4.96. The minimum absolute atomic E-state index is 0.278. The number of carbonyl (C=O) groups is 2. The maximum atomic E-state index is 11.9. The monoisotopic (exact) mass is 371 g/mol. The molecule has 0 spiro atoms. The predicted molar refractivity (Wildman–Crippen MR) is 89.4 cm³/mol. The molecule has 0 fully saturated rings. The summed E-state index contributed by atoms with van der Waals surface area (Å²) in [5, 5.41) is 9.43. The van der Waals surface area contributed by atoms with Crippen molar-refractivity contribution in [3.8, 4) is 5.75 Å². The van der Waals surface area contributed by atoms with Gasteiger partial charge < -0.3 is 19.9 Å². The zero-order valence-electron chi connectivity index (χ0n) is 12.9. The summed E-state index contributed by atoms with van der Waals surface area (Å²) >= 11 is 11.8. The number of aryl methyl sites for hydroxylation is 1. The van der Waals surface area contributed by atoms with E-state index in [9.17, 15) is 9.59 Å². The maximum Gasteiger partial charge on any atom is 0.258 e. The lowest BCUT2D eigenvalue weighted by molar-refractivity contribution is -0.127. The third-order valence-corrected chi connectivity index (χ3v) is 3.45. The Bertz CT molecular complexity index is 748. The number of benzene rings is 1. The van der Waals surface area contributed by atoms with Crippen molar-refractivity contribution in [3.63, 3.8) is 0 Å². The van der Waals surface area contributed by atoms with Gasteiger partial charge in [-0.25, -0.2) is 0 Å². The van der Waals surface area contributed by atoms with Crippen molar-refractivity contribution in [2.24, 2.45) is 0 Å². The molecule has 9 heteroatoms. The first-order chi connectivity index (χ1) is 11.3. The molecular formula is C15H15Cl2N3O4. The number of hydrogen-bond acceptors (Lipinski definition) is 5. The number of halogens is 2. The average molecular weight is 372 g/mol. The van der Waals surface area contributed by atoms with E-state index in [4.69, 9.17) is 32.5 Å². The summed E-state index contributed by atoms with van der Waals surface area (Å²) in [6, 6.07) is 5.45. The highest BCUT2D eigenvalue weighted by Gasteiger charge is 2.17. The average Bonchev–Trinajstić information content (AvgIpc) is 2.93. The number of amides is 2. The highest BCUT2D eigenvalue weighted by Crippen LogP contribution is 2.27. The van der Waals surface area contributed by atoms with E-state index in [0.717, 1.165) is 0 Å². The molecule has 0 unspecified atom stereocenters. The molecule has 0 aliphatic heterocycles. The SMILES string of the molecule is Cc1cc(NC(=O)[C@@H](C)NC(=O)COc2cc(Cl)ccc2Cl)no1. The number of carbonyl (C=O) groups excluding carboxylic acids is 2. The van der Waals surface area contributed by atoms with Crippen molar-refractivity contribution < 1.29 is 18.8 Å². The number of nitrogens with zero attached hydrogens (tertiary/aromatic N) is 1. The van der Waals surface area contributed by atoms with E-state index >= 15 is 0 Å². The molecular weight excluding hydrogens is 357 g/mol. The number of hydrogen-bond donors (Lipinski definition) is 2. The van der Waals surface area contributed by atoms with Gasteiger partial charge in [0.1, 0.15) is 17.6 Å². The number of aromatic nitrogens is 1. The van der Waals surface area contributed by atoms with Gasteiger partial charge in [0.25, 0.3) is 5.91 Å². The Kier molecular flexibility index (Phi) is 6.05. The lowest BCUT2D eigenvalue weighted by atomic mass is 10.3. The maximum absolute atomic E-state index is 11.9. The zero-order valence-corrected chi connectivity index (χ0v) is 14.4. The second-order valence-corrected chi connectivity index (χ2v) is 5.81. The quantitative estimate of drug-likeness (QED) is 0.813. The fourth-order valence-corrected chi connectivity index (χ4v) is 2.07. The van der Waals surface area contributed by atoms with Gasteiger partial charge in [-0.3, -0.25) is 9.59 Å². The molecule has 128 valence electrons. The predicted octanol–water partition coefficient (Wildman–Crippen LogP) is 2.81. The van der Waals surface area contributed by atoms with Crippen LogP contribution in [0.2, 0.25) is 10.0 Å². The van der Waals surface area contributed by atoms with Gasteiger partial charge >= 0.3 is 0 Å². The number of rotatable bonds is 6. The van der Waals surface area contributed by atoms with Crippen LogP contribution in [0.1, 0.15) is 12.7 Å². The van der Waals surface area contributed by atoms with Gasteiger partial charge in [0.2, 0.25) is 5.91 Å². The van der Waals surface area contributed by atoms with Crippen LogP contribution in [0.3, 0.4) is 0 Å². The van der Waals surface area contributed by atoms with Gasteiger partial charge in [0, 0.05) is 17.2 Å². The first-order valence-corrected chi connectivity index (χ1v) is 7.72. The smallest absolute Gasteiger partial charge is 0.258 e. The summed E-state index contributed by atoms with van der Waals surface area (Å²) in [7, 11) is 0. The van der Waals surface area contributed by atoms with E-state index in [1.54, 1.807) is 25.1 Å². The molecule has 0 bridgehead atoms. The minimum Gasteiger partial charge on any atom is -0.482 e. The molecule has 1 atom stereocenters. The van der Waals surface area contributed by atoms with Crippen molar-refractivity contribution in [1.82, 2.24) is 10.5 Å². The molecule has 0 radical (unpaired) electrons. The van der Waals surface area contributed by atoms with Crippen LogP contribution in [0.15, 0.2) is 28.8 Å². The summed E-state index contributed by atoms with van der Waals surface area (Å²) in [6.45, 7) is 2.93. The van der Waals surface area contributed by atoms with Crippen LogP contribution in [-0.2, 0) is 9.59 Å². The zero-order chi connectivity index (χ0) is 17.7. The minimum atomic E-state index is -0.784. The van der Waals surface area contributed by atoms with Crippen LogP contribution >= 0.6 is 23.2 Å². The largest absolute Gasteiger partial charge is 0.482 e. The lowest BCUT2D eigenvalue weighted by Gasteiger charge is -2.14. The molecule has 1 heterocycles. The van der Waals surface area contributed by atoms with E-state index in [1.165, 1.54) is 13.0 Å². The molecule has 0 saturated carbocycles. The molecule has 1 aromatic carbocycles. The van der Waals surface area contributed by atoms with E-state index in [0.29, 0.717) is 15.8 Å². The van der Waals surface area contributed by atoms with Crippen molar-refractivity contribution in [3.05, 3.63) is 40.1 Å². The van der Waals surface area contributed by atoms with Crippen molar-refractivity contribution >= 4 is 40.8 Å². The topological polar surface area (TPSA) is 93.5 Å². The Balaban J connectivity index is 1.82. The van der Waals surface area contributed by atoms with Gasteiger partial charge in [0.15, 0.2) is 12.4 Å². The van der Waals surface area contributed by atoms with Crippen LogP contribution in [0.4, 0.5) is 5.82 Å². The van der Waals surface area contributed by atoms with Crippen LogP contribution in [-0.4, -0.2) is 29.6 Å². The van der Waals surface area contributed by atoms with E-state index in [1.807, 2.05) is 0 Å². The van der Waals surface area contributed by atoms with E-state index in [2.05, 4.69) is 15.8 Å². The van der Waals surface area contributed by atoms with Crippen molar-refractivity contribution in [1.29, 1.82) is 0 Å². The van der Waals surface area contributed by atoms with Crippen molar-refractivity contribution in [2.75, 3.05) is 11.9 Å². The fraction of sp³-hybridized carbons (Fsp3) is 0.267. The molecule has 2 amide bonds. The summed E-state index contributed by atoms with van der Waals surface area (Å²) in [5.74, 6) is 0.214. The number of ether oxygens (including phenoxy) is 1. The summed E-state index contributed by atoms with van der Waals surface area (Å²) < 4.78 is 10.1. The van der Waals surface area contributed by atoms with Crippen LogP contribution in [0, 0.1) is 6.92 Å². The first-order valence-electron chi connectivity index (χ1n) is 6.96. The van der Waals surface area contributed by atoms with Gasteiger partial charge in [0.05, 0.1) is 5.02 Å². The molecule has 0 saturated heterocycles. The van der Waals surface area contributed by atoms with Crippen molar-refractivity contribution in [2.45, 2.75) is 19.9 Å². The molecule has 0 aliphatic rings.